The second-order valence-electron chi connectivity index (χ2n) is 3.40. The lowest BCUT2D eigenvalue weighted by molar-refractivity contribution is 0.572. The van der Waals surface area contributed by atoms with Crippen molar-refractivity contribution in [3.8, 4) is 0 Å². The number of sulfonamides is 1. The third kappa shape index (κ3) is 3.51. The summed E-state index contributed by atoms with van der Waals surface area (Å²) in [5.74, 6) is -0.502. The fourth-order valence-corrected chi connectivity index (χ4v) is 3.20. The minimum Gasteiger partial charge on any atom is -0.327 e. The molecule has 1 rings (SSSR count). The van der Waals surface area contributed by atoms with E-state index >= 15 is 0 Å². The van der Waals surface area contributed by atoms with E-state index in [1.807, 2.05) is 0 Å². The van der Waals surface area contributed by atoms with Gasteiger partial charge in [0.05, 0.1) is 4.90 Å². The standard InChI is InChI=1S/C9H12BrFN2O2S/c1-6(12)5-13-16(14,15)9-3-2-7(11)4-8(9)10/h2-4,6,13H,5,12H2,1H3. The SMILES string of the molecule is CC(N)CNS(=O)(=O)c1ccc(F)cc1Br. The first-order valence-corrected chi connectivity index (χ1v) is 6.81. The zero-order valence-electron chi connectivity index (χ0n) is 8.57. The summed E-state index contributed by atoms with van der Waals surface area (Å²) in [4.78, 5) is -0.00505. The van der Waals surface area contributed by atoms with Gasteiger partial charge in [0, 0.05) is 17.1 Å². The molecule has 16 heavy (non-hydrogen) atoms. The van der Waals surface area contributed by atoms with E-state index in [0.717, 1.165) is 12.1 Å². The van der Waals surface area contributed by atoms with Crippen molar-refractivity contribution in [3.05, 3.63) is 28.5 Å². The summed E-state index contributed by atoms with van der Waals surface area (Å²) < 4.78 is 38.8. The number of benzene rings is 1. The summed E-state index contributed by atoms with van der Waals surface area (Å²) in [7, 11) is -3.65. The van der Waals surface area contributed by atoms with Crippen molar-refractivity contribution in [2.75, 3.05) is 6.54 Å². The monoisotopic (exact) mass is 310 g/mol. The molecule has 0 fully saturated rings. The smallest absolute Gasteiger partial charge is 0.241 e. The molecule has 0 amide bonds. The maximum atomic E-state index is 12.8. The topological polar surface area (TPSA) is 72.2 Å². The molecule has 90 valence electrons. The molecule has 0 spiro atoms. The van der Waals surface area contributed by atoms with Gasteiger partial charge in [0.1, 0.15) is 5.82 Å². The van der Waals surface area contributed by atoms with Gasteiger partial charge in [-0.1, -0.05) is 0 Å². The van der Waals surface area contributed by atoms with E-state index in [2.05, 4.69) is 20.7 Å². The number of halogens is 2. The second kappa shape index (κ2) is 5.22. The number of nitrogens with two attached hydrogens (primary N) is 1. The van der Waals surface area contributed by atoms with Gasteiger partial charge in [-0.3, -0.25) is 0 Å². The molecule has 0 saturated heterocycles. The molecular weight excluding hydrogens is 299 g/mol. The van der Waals surface area contributed by atoms with Gasteiger partial charge < -0.3 is 5.73 Å². The van der Waals surface area contributed by atoms with E-state index in [-0.39, 0.29) is 22.0 Å². The summed E-state index contributed by atoms with van der Waals surface area (Å²) in [6.07, 6.45) is 0. The third-order valence-electron chi connectivity index (χ3n) is 1.78. The molecular formula is C9H12BrFN2O2S. The highest BCUT2D eigenvalue weighted by Gasteiger charge is 2.17. The summed E-state index contributed by atoms with van der Waals surface area (Å²) in [6, 6.07) is 3.10. The lowest BCUT2D eigenvalue weighted by atomic mass is 10.3. The molecule has 0 aliphatic carbocycles. The Morgan fingerprint density at radius 2 is 2.19 bits per heavy atom. The highest BCUT2D eigenvalue weighted by Crippen LogP contribution is 2.22. The van der Waals surface area contributed by atoms with Crippen LogP contribution in [-0.2, 0) is 10.0 Å². The van der Waals surface area contributed by atoms with Crippen LogP contribution >= 0.6 is 15.9 Å². The Balaban J connectivity index is 2.99. The van der Waals surface area contributed by atoms with Crippen LogP contribution in [-0.4, -0.2) is 21.0 Å². The van der Waals surface area contributed by atoms with Crippen molar-refractivity contribution in [1.29, 1.82) is 0 Å². The van der Waals surface area contributed by atoms with E-state index in [4.69, 9.17) is 5.73 Å². The van der Waals surface area contributed by atoms with Gasteiger partial charge in [-0.25, -0.2) is 17.5 Å². The van der Waals surface area contributed by atoms with Crippen LogP contribution in [0, 0.1) is 5.82 Å². The number of hydrogen-bond donors (Lipinski definition) is 2. The third-order valence-corrected chi connectivity index (χ3v) is 4.18. The zero-order chi connectivity index (χ0) is 12.3. The minimum absolute atomic E-state index is 0.00505. The molecule has 4 nitrogen and oxygen atoms in total. The largest absolute Gasteiger partial charge is 0.327 e. The highest BCUT2D eigenvalue weighted by molar-refractivity contribution is 9.10. The van der Waals surface area contributed by atoms with E-state index in [9.17, 15) is 12.8 Å². The van der Waals surface area contributed by atoms with Crippen LogP contribution < -0.4 is 10.5 Å². The molecule has 0 heterocycles. The van der Waals surface area contributed by atoms with Crippen LogP contribution in [0.5, 0.6) is 0 Å². The minimum atomic E-state index is -3.65. The molecule has 7 heteroatoms. The Morgan fingerprint density at radius 1 is 1.56 bits per heavy atom. The Bertz CT molecular complexity index is 476. The molecule has 0 aliphatic heterocycles. The van der Waals surface area contributed by atoms with Crippen LogP contribution in [0.15, 0.2) is 27.6 Å². The molecule has 0 saturated carbocycles. The first kappa shape index (κ1) is 13.6. The molecule has 1 atom stereocenters. The molecule has 0 aliphatic rings. The summed E-state index contributed by atoms with van der Waals surface area (Å²) in [6.45, 7) is 1.81. The normalized spacial score (nSPS) is 13.8. The first-order valence-electron chi connectivity index (χ1n) is 4.53. The van der Waals surface area contributed by atoms with Gasteiger partial charge in [0.15, 0.2) is 0 Å². The molecule has 0 radical (unpaired) electrons. The van der Waals surface area contributed by atoms with Crippen LogP contribution in [0.2, 0.25) is 0 Å². The van der Waals surface area contributed by atoms with Crippen molar-refractivity contribution in [1.82, 2.24) is 4.72 Å². The summed E-state index contributed by atoms with van der Waals surface area (Å²) >= 11 is 3.00. The van der Waals surface area contributed by atoms with E-state index in [1.165, 1.54) is 6.07 Å². The summed E-state index contributed by atoms with van der Waals surface area (Å²) in [5.41, 5.74) is 5.44. The molecule has 1 unspecified atom stereocenters. The van der Waals surface area contributed by atoms with Crippen molar-refractivity contribution in [2.45, 2.75) is 17.9 Å². The van der Waals surface area contributed by atoms with Crippen LogP contribution in [0.25, 0.3) is 0 Å². The number of rotatable bonds is 4. The second-order valence-corrected chi connectivity index (χ2v) is 5.99. The van der Waals surface area contributed by atoms with Crippen LogP contribution in [0.1, 0.15) is 6.92 Å². The van der Waals surface area contributed by atoms with Crippen molar-refractivity contribution < 1.29 is 12.8 Å². The average molecular weight is 311 g/mol. The van der Waals surface area contributed by atoms with Crippen LogP contribution in [0.4, 0.5) is 4.39 Å². The summed E-state index contributed by atoms with van der Waals surface area (Å²) in [5, 5.41) is 0. The van der Waals surface area contributed by atoms with Gasteiger partial charge in [-0.05, 0) is 41.1 Å². The van der Waals surface area contributed by atoms with Gasteiger partial charge in [0.25, 0.3) is 0 Å². The van der Waals surface area contributed by atoms with E-state index in [0.29, 0.717) is 0 Å². The maximum Gasteiger partial charge on any atom is 0.241 e. The fourth-order valence-electron chi connectivity index (χ4n) is 1.01. The van der Waals surface area contributed by atoms with Crippen molar-refractivity contribution >= 4 is 26.0 Å². The number of hydrogen-bond acceptors (Lipinski definition) is 3. The van der Waals surface area contributed by atoms with E-state index in [1.54, 1.807) is 6.92 Å². The Kier molecular flexibility index (Phi) is 4.43. The average Bonchev–Trinajstić information content (AvgIpc) is 2.14. The Morgan fingerprint density at radius 3 is 2.69 bits per heavy atom. The zero-order valence-corrected chi connectivity index (χ0v) is 11.0. The van der Waals surface area contributed by atoms with Gasteiger partial charge in [0.2, 0.25) is 10.0 Å². The van der Waals surface area contributed by atoms with Gasteiger partial charge >= 0.3 is 0 Å². The first-order chi connectivity index (χ1) is 7.33. The molecule has 3 N–H and O–H groups in total. The molecule has 1 aromatic carbocycles. The Hall–Kier alpha value is -0.500. The number of nitrogens with one attached hydrogen (secondary N) is 1. The van der Waals surface area contributed by atoms with Gasteiger partial charge in [-0.2, -0.15) is 0 Å². The molecule has 0 aromatic heterocycles. The lowest BCUT2D eigenvalue weighted by Crippen LogP contribution is -2.35. The molecule has 1 aromatic rings. The van der Waals surface area contributed by atoms with Gasteiger partial charge in [-0.15, -0.1) is 0 Å². The highest BCUT2D eigenvalue weighted by atomic mass is 79.9. The van der Waals surface area contributed by atoms with Crippen LogP contribution in [0.3, 0.4) is 0 Å². The lowest BCUT2D eigenvalue weighted by Gasteiger charge is -2.10. The predicted molar refractivity (Wildman–Crippen MR) is 62.9 cm³/mol. The molecule has 0 bridgehead atoms. The maximum absolute atomic E-state index is 12.8. The Labute approximate surface area is 102 Å². The van der Waals surface area contributed by atoms with Crippen molar-refractivity contribution in [2.24, 2.45) is 5.73 Å². The fraction of sp³-hybridized carbons (Fsp3) is 0.333. The van der Waals surface area contributed by atoms with E-state index < -0.39 is 15.8 Å². The predicted octanol–water partition coefficient (Wildman–Crippen LogP) is 1.21. The quantitative estimate of drug-likeness (QED) is 0.878. The van der Waals surface area contributed by atoms with Crippen molar-refractivity contribution in [3.63, 3.8) is 0 Å².